The zero-order chi connectivity index (χ0) is 11.8. The van der Waals surface area contributed by atoms with Gasteiger partial charge in [0.25, 0.3) is 0 Å². The van der Waals surface area contributed by atoms with Crippen molar-refractivity contribution in [3.05, 3.63) is 16.9 Å². The lowest BCUT2D eigenvalue weighted by atomic mass is 10.7. The lowest BCUT2D eigenvalue weighted by Gasteiger charge is -2.03. The van der Waals surface area contributed by atoms with Crippen LogP contribution in [0.2, 0.25) is 0 Å². The zero-order valence-electron chi connectivity index (χ0n) is 7.91. The van der Waals surface area contributed by atoms with Gasteiger partial charge >= 0.3 is 6.36 Å². The monoisotopic (exact) mass is 253 g/mol. The Morgan fingerprint density at radius 2 is 2.13 bits per heavy atom. The van der Waals surface area contributed by atoms with Crippen molar-refractivity contribution in [3.63, 3.8) is 0 Å². The Kier molecular flexibility index (Phi) is 2.29. The molecule has 15 heavy (non-hydrogen) atoms. The van der Waals surface area contributed by atoms with Crippen LogP contribution in [0.25, 0.3) is 10.0 Å². The van der Waals surface area contributed by atoms with Gasteiger partial charge in [0, 0.05) is 11.6 Å². The fraction of sp³-hybridized carbons (Fsp3) is 0.143. The van der Waals surface area contributed by atoms with Crippen molar-refractivity contribution in [1.29, 1.82) is 0 Å². The molecule has 0 radical (unpaired) electrons. The normalized spacial score (nSPS) is 12.6. The Morgan fingerprint density at radius 3 is 2.73 bits per heavy atom. The molecule has 2 aromatic heterocycles. The highest BCUT2D eigenvalue weighted by Crippen LogP contribution is 2.30. The van der Waals surface area contributed by atoms with E-state index >= 15 is 0 Å². The highest BCUT2D eigenvalue weighted by atomic mass is 32.1. The Bertz CT molecular complexity index is 482. The summed E-state index contributed by atoms with van der Waals surface area (Å²) in [6, 6.07) is 0. The summed E-state index contributed by atoms with van der Waals surface area (Å²) in [7, 11) is 0. The van der Waals surface area contributed by atoms with Crippen LogP contribution in [-0.4, -0.2) is 16.3 Å². The fourth-order valence-electron chi connectivity index (χ4n) is 0.804. The van der Waals surface area contributed by atoms with E-state index in [1.165, 1.54) is 17.5 Å². The van der Waals surface area contributed by atoms with Gasteiger partial charge in [0.1, 0.15) is 0 Å². The molecule has 0 aliphatic heterocycles. The van der Waals surface area contributed by atoms with Crippen molar-refractivity contribution in [2.45, 2.75) is 6.36 Å². The molecule has 0 aliphatic carbocycles. The summed E-state index contributed by atoms with van der Waals surface area (Å²) in [6.45, 7) is 0. The zero-order valence-corrected chi connectivity index (χ0v) is 8.54. The van der Waals surface area contributed by atoms with Crippen LogP contribution in [0, 0.1) is 0 Å². The number of aromatic nitrogens is 2. The second kappa shape index (κ2) is 3.78. The van der Waals surface area contributed by atoms with Gasteiger partial charge in [-0.25, -0.2) is 4.98 Å². The van der Waals surface area contributed by atoms with Gasteiger partial charge in [0.15, 0.2) is 10.0 Å². The van der Waals surface area contributed by atoms with E-state index in [9.17, 15) is 13.2 Å². The highest BCUT2D eigenvalue weighted by Gasteiger charge is 2.32. The molecule has 0 aromatic carbocycles. The second-order valence-corrected chi connectivity index (χ2v) is 4.00. The van der Waals surface area contributed by atoms with Crippen molar-refractivity contribution >= 4 is 22.7 Å². The van der Waals surface area contributed by atoms with Crippen LogP contribution < -0.4 is 4.74 Å². The number of hydrogen-bond acceptors (Lipinski definition) is 5. The van der Waals surface area contributed by atoms with Crippen LogP contribution >= 0.6 is 22.7 Å². The largest absolute Gasteiger partial charge is 0.574 e. The van der Waals surface area contributed by atoms with E-state index in [0.29, 0.717) is 5.01 Å². The molecule has 2 heterocycles. The predicted molar refractivity (Wildman–Crippen MR) is 49.9 cm³/mol. The average Bonchev–Trinajstić information content (AvgIpc) is 2.73. The number of alkyl halides is 3. The molecule has 0 aliphatic rings. The minimum Gasteiger partial charge on any atom is -0.387 e. The standard InChI is InChI=1S/C7H3F3N2OS2/c8-7(9,10)13-4-3-15-6(12-4)5-11-1-2-14-5/h1-3H/i3D. The number of ether oxygens (including phenoxy) is 1. The topological polar surface area (TPSA) is 35.0 Å². The minimum atomic E-state index is -4.83. The van der Waals surface area contributed by atoms with E-state index in [2.05, 4.69) is 14.7 Å². The van der Waals surface area contributed by atoms with Gasteiger partial charge in [0.2, 0.25) is 5.88 Å². The molecule has 0 unspecified atom stereocenters. The van der Waals surface area contributed by atoms with E-state index in [-0.39, 0.29) is 10.4 Å². The number of hydrogen-bond donors (Lipinski definition) is 0. The van der Waals surface area contributed by atoms with Gasteiger partial charge < -0.3 is 4.74 Å². The van der Waals surface area contributed by atoms with Crippen molar-refractivity contribution in [3.8, 4) is 15.9 Å². The van der Waals surface area contributed by atoms with E-state index in [4.69, 9.17) is 1.37 Å². The molecule has 0 fully saturated rings. The molecule has 2 rings (SSSR count). The van der Waals surface area contributed by atoms with Crippen LogP contribution in [0.5, 0.6) is 5.88 Å². The molecule has 0 saturated carbocycles. The molecule has 0 spiro atoms. The molecular formula is C7H3F3N2OS2. The van der Waals surface area contributed by atoms with Crippen LogP contribution in [-0.2, 0) is 0 Å². The van der Waals surface area contributed by atoms with Crippen molar-refractivity contribution in [1.82, 2.24) is 9.97 Å². The average molecular weight is 253 g/mol. The number of halogens is 3. The molecule has 2 aromatic rings. The van der Waals surface area contributed by atoms with E-state index in [1.54, 1.807) is 5.38 Å². The molecule has 3 nitrogen and oxygen atoms in total. The fourth-order valence-corrected chi connectivity index (χ4v) is 2.13. The minimum absolute atomic E-state index is 0.249. The van der Waals surface area contributed by atoms with Gasteiger partial charge in [0.05, 0.1) is 6.73 Å². The maximum Gasteiger partial charge on any atom is 0.574 e. The first-order valence-electron chi connectivity index (χ1n) is 4.09. The van der Waals surface area contributed by atoms with Gasteiger partial charge in [-0.3, -0.25) is 0 Å². The summed E-state index contributed by atoms with van der Waals surface area (Å²) < 4.78 is 46.6. The first-order valence-corrected chi connectivity index (χ1v) is 5.28. The summed E-state index contributed by atoms with van der Waals surface area (Å²) >= 11 is 2.02. The van der Waals surface area contributed by atoms with Crippen LogP contribution in [0.3, 0.4) is 0 Å². The summed E-state index contributed by atoms with van der Waals surface area (Å²) in [5.74, 6) is -0.734. The van der Waals surface area contributed by atoms with Crippen molar-refractivity contribution in [2.24, 2.45) is 0 Å². The lowest BCUT2D eigenvalue weighted by molar-refractivity contribution is -0.275. The first-order chi connectivity index (χ1) is 7.46. The Morgan fingerprint density at radius 1 is 1.33 bits per heavy atom. The smallest absolute Gasteiger partial charge is 0.387 e. The maximum atomic E-state index is 11.9. The lowest BCUT2D eigenvalue weighted by Crippen LogP contribution is -2.17. The van der Waals surface area contributed by atoms with Gasteiger partial charge in [-0.05, 0) is 0 Å². The van der Waals surface area contributed by atoms with Gasteiger partial charge in [-0.15, -0.1) is 35.8 Å². The third-order valence-electron chi connectivity index (χ3n) is 1.27. The third-order valence-corrected chi connectivity index (χ3v) is 2.93. The van der Waals surface area contributed by atoms with Crippen molar-refractivity contribution < 1.29 is 19.3 Å². The summed E-state index contributed by atoms with van der Waals surface area (Å²) in [5, 5.41) is 2.02. The SMILES string of the molecule is [2H]c1sc(-c2nccs2)nc1OC(F)(F)F. The van der Waals surface area contributed by atoms with E-state index in [1.807, 2.05) is 0 Å². The van der Waals surface area contributed by atoms with E-state index in [0.717, 1.165) is 11.3 Å². The van der Waals surface area contributed by atoms with E-state index < -0.39 is 12.2 Å². The molecule has 0 N–H and O–H groups in total. The highest BCUT2D eigenvalue weighted by molar-refractivity contribution is 7.19. The first kappa shape index (κ1) is 9.10. The Balaban J connectivity index is 2.29. The summed E-state index contributed by atoms with van der Waals surface area (Å²) in [4.78, 5) is 7.46. The van der Waals surface area contributed by atoms with Crippen LogP contribution in [0.1, 0.15) is 1.37 Å². The van der Waals surface area contributed by atoms with Crippen molar-refractivity contribution in [2.75, 3.05) is 0 Å². The maximum absolute atomic E-state index is 11.9. The molecule has 0 saturated heterocycles. The quantitative estimate of drug-likeness (QED) is 0.824. The predicted octanol–water partition coefficient (Wildman–Crippen LogP) is 3.17. The third kappa shape index (κ3) is 2.66. The Hall–Kier alpha value is -1.15. The van der Waals surface area contributed by atoms with Crippen LogP contribution in [0.15, 0.2) is 16.9 Å². The molecule has 80 valence electrons. The molecule has 8 heteroatoms. The molecule has 0 atom stereocenters. The molecular weight excluding hydrogens is 249 g/mol. The number of thiazole rings is 2. The summed E-state index contributed by atoms with van der Waals surface area (Å²) in [6.07, 6.45) is -3.32. The summed E-state index contributed by atoms with van der Waals surface area (Å²) in [5.41, 5.74) is 0. The van der Waals surface area contributed by atoms with Crippen LogP contribution in [0.4, 0.5) is 13.2 Å². The number of rotatable bonds is 2. The number of nitrogens with zero attached hydrogens (tertiary/aromatic N) is 2. The molecule has 0 amide bonds. The second-order valence-electron chi connectivity index (χ2n) is 2.31. The van der Waals surface area contributed by atoms with Gasteiger partial charge in [-0.1, -0.05) is 0 Å². The molecule has 0 bridgehead atoms. The van der Waals surface area contributed by atoms with Gasteiger partial charge in [-0.2, -0.15) is 4.98 Å². The Labute approximate surface area is 91.6 Å².